The topological polar surface area (TPSA) is 54.2 Å². The van der Waals surface area contributed by atoms with Gasteiger partial charge in [-0.25, -0.2) is 4.39 Å². The maximum absolute atomic E-state index is 12.9. The van der Waals surface area contributed by atoms with Gasteiger partial charge in [0.05, 0.1) is 0 Å². The Balaban J connectivity index is 1.87. The van der Waals surface area contributed by atoms with E-state index in [1.54, 1.807) is 12.1 Å². The highest BCUT2D eigenvalue weighted by molar-refractivity contribution is 5.79. The van der Waals surface area contributed by atoms with Crippen molar-refractivity contribution in [3.63, 3.8) is 0 Å². The van der Waals surface area contributed by atoms with Crippen LogP contribution in [-0.4, -0.2) is 29.3 Å². The van der Waals surface area contributed by atoms with Crippen LogP contribution in [0.15, 0.2) is 35.5 Å². The number of aromatic nitrogens is 2. The van der Waals surface area contributed by atoms with Gasteiger partial charge in [-0.15, -0.1) is 0 Å². The van der Waals surface area contributed by atoms with Crippen LogP contribution in [0.1, 0.15) is 16.8 Å². The van der Waals surface area contributed by atoms with Crippen LogP contribution < -0.4 is 10.6 Å². The number of hydrogen-bond donors (Lipinski definition) is 2. The zero-order valence-electron chi connectivity index (χ0n) is 13.9. The Hall–Kier alpha value is -2.58. The second-order valence-electron chi connectivity index (χ2n) is 5.40. The van der Waals surface area contributed by atoms with Crippen LogP contribution in [0.25, 0.3) is 0 Å². The molecular weight excluding hydrogens is 338 g/mol. The first kappa shape index (κ1) is 18.8. The molecule has 0 atom stereocenters. The Labute approximate surface area is 142 Å². The van der Waals surface area contributed by atoms with Crippen LogP contribution in [0.5, 0.6) is 0 Å². The summed E-state index contributed by atoms with van der Waals surface area (Å²) in [5.74, 6) is 0.0743. The molecule has 0 fully saturated rings. The van der Waals surface area contributed by atoms with Crippen LogP contribution in [0, 0.1) is 5.82 Å². The first-order valence-electron chi connectivity index (χ1n) is 7.58. The molecule has 1 aromatic carbocycles. The molecule has 0 bridgehead atoms. The first-order valence-corrected chi connectivity index (χ1v) is 7.58. The number of guanidine groups is 1. The van der Waals surface area contributed by atoms with E-state index in [1.807, 2.05) is 0 Å². The molecule has 2 N–H and O–H groups in total. The van der Waals surface area contributed by atoms with Crippen molar-refractivity contribution in [2.24, 2.45) is 12.0 Å². The van der Waals surface area contributed by atoms with Gasteiger partial charge in [-0.05, 0) is 24.1 Å². The van der Waals surface area contributed by atoms with Crippen molar-refractivity contribution in [3.8, 4) is 0 Å². The number of hydrogen-bond acceptors (Lipinski definition) is 2. The van der Waals surface area contributed by atoms with E-state index in [1.165, 1.54) is 32.4 Å². The van der Waals surface area contributed by atoms with Gasteiger partial charge in [-0.1, -0.05) is 12.1 Å². The molecule has 2 aromatic rings. The molecule has 2 rings (SSSR count). The van der Waals surface area contributed by atoms with E-state index in [0.29, 0.717) is 18.9 Å². The van der Waals surface area contributed by atoms with E-state index in [0.717, 1.165) is 10.2 Å². The summed E-state index contributed by atoms with van der Waals surface area (Å²) in [5.41, 5.74) is 0.0664. The van der Waals surface area contributed by atoms with E-state index in [4.69, 9.17) is 0 Å². The monoisotopic (exact) mass is 357 g/mol. The number of halogens is 4. The van der Waals surface area contributed by atoms with Crippen molar-refractivity contribution in [2.75, 3.05) is 13.6 Å². The lowest BCUT2D eigenvalue weighted by molar-refractivity contribution is -0.142. The van der Waals surface area contributed by atoms with Crippen LogP contribution in [0.3, 0.4) is 0 Å². The third kappa shape index (κ3) is 5.47. The molecular formula is C16H19F4N5. The number of alkyl halides is 3. The Kier molecular flexibility index (Phi) is 6.00. The van der Waals surface area contributed by atoms with Gasteiger partial charge in [-0.3, -0.25) is 9.67 Å². The Morgan fingerprint density at radius 2 is 1.88 bits per heavy atom. The Bertz CT molecular complexity index is 719. The molecule has 1 heterocycles. The molecule has 0 unspecified atom stereocenters. The average Bonchev–Trinajstić information content (AvgIpc) is 2.93. The summed E-state index contributed by atoms with van der Waals surface area (Å²) in [6, 6.07) is 6.11. The molecule has 0 spiro atoms. The normalized spacial score (nSPS) is 12.3. The quantitative estimate of drug-likeness (QED) is 0.491. The Morgan fingerprint density at radius 3 is 2.48 bits per heavy atom. The van der Waals surface area contributed by atoms with Crippen molar-refractivity contribution < 1.29 is 17.6 Å². The van der Waals surface area contributed by atoms with Crippen molar-refractivity contribution >= 4 is 5.96 Å². The fraction of sp³-hybridized carbons (Fsp3) is 0.375. The number of aryl methyl sites for hydroxylation is 1. The highest BCUT2D eigenvalue weighted by atomic mass is 19.4. The molecule has 136 valence electrons. The van der Waals surface area contributed by atoms with Gasteiger partial charge in [0, 0.05) is 38.9 Å². The van der Waals surface area contributed by atoms with E-state index >= 15 is 0 Å². The smallest absolute Gasteiger partial charge is 0.356 e. The van der Waals surface area contributed by atoms with Crippen molar-refractivity contribution in [2.45, 2.75) is 19.1 Å². The highest BCUT2D eigenvalue weighted by Gasteiger charge is 2.36. The lowest BCUT2D eigenvalue weighted by Gasteiger charge is -2.12. The van der Waals surface area contributed by atoms with Crippen molar-refractivity contribution in [1.82, 2.24) is 20.4 Å². The molecule has 0 aliphatic carbocycles. The van der Waals surface area contributed by atoms with Gasteiger partial charge < -0.3 is 10.6 Å². The first-order chi connectivity index (χ1) is 11.8. The van der Waals surface area contributed by atoms with Gasteiger partial charge in [0.15, 0.2) is 11.7 Å². The van der Waals surface area contributed by atoms with Crippen LogP contribution in [0.4, 0.5) is 17.6 Å². The summed E-state index contributed by atoms with van der Waals surface area (Å²) in [7, 11) is 2.97. The summed E-state index contributed by atoms with van der Waals surface area (Å²) in [5, 5.41) is 9.29. The maximum atomic E-state index is 12.9. The van der Waals surface area contributed by atoms with E-state index in [9.17, 15) is 17.6 Å². The van der Waals surface area contributed by atoms with Crippen LogP contribution in [0.2, 0.25) is 0 Å². The van der Waals surface area contributed by atoms with Gasteiger partial charge in [0.2, 0.25) is 0 Å². The van der Waals surface area contributed by atoms with E-state index < -0.39 is 11.9 Å². The largest absolute Gasteiger partial charge is 0.435 e. The minimum absolute atomic E-state index is 0.0384. The zero-order valence-corrected chi connectivity index (χ0v) is 13.9. The van der Waals surface area contributed by atoms with Crippen LogP contribution in [-0.2, 0) is 26.2 Å². The van der Waals surface area contributed by atoms with Gasteiger partial charge in [0.25, 0.3) is 0 Å². The molecule has 0 radical (unpaired) electrons. The summed E-state index contributed by atoms with van der Waals surface area (Å²) < 4.78 is 52.7. The predicted octanol–water partition coefficient (Wildman–Crippen LogP) is 2.49. The van der Waals surface area contributed by atoms with Gasteiger partial charge in [-0.2, -0.15) is 18.3 Å². The summed E-state index contributed by atoms with van der Waals surface area (Å²) in [4.78, 5) is 3.97. The maximum Gasteiger partial charge on any atom is 0.435 e. The molecule has 1 aromatic heterocycles. The molecule has 0 saturated carbocycles. The van der Waals surface area contributed by atoms with Crippen LogP contribution >= 0.6 is 0 Å². The molecule has 0 saturated heterocycles. The third-order valence-corrected chi connectivity index (χ3v) is 3.46. The fourth-order valence-corrected chi connectivity index (χ4v) is 2.28. The van der Waals surface area contributed by atoms with Gasteiger partial charge in [0.1, 0.15) is 5.82 Å². The van der Waals surface area contributed by atoms with E-state index in [2.05, 4.69) is 20.7 Å². The minimum atomic E-state index is -4.50. The highest BCUT2D eigenvalue weighted by Crippen LogP contribution is 2.30. The Morgan fingerprint density at radius 1 is 1.20 bits per heavy atom. The SMILES string of the molecule is CN=C(NCCc1ccc(F)cc1)NCc1cn(C)nc1C(F)(F)F. The summed E-state index contributed by atoms with van der Waals surface area (Å²) in [6.45, 7) is 0.448. The van der Waals surface area contributed by atoms with Gasteiger partial charge >= 0.3 is 6.18 Å². The van der Waals surface area contributed by atoms with Crippen molar-refractivity contribution in [1.29, 1.82) is 0 Å². The molecule has 0 amide bonds. The summed E-state index contributed by atoms with van der Waals surface area (Å²) >= 11 is 0. The minimum Gasteiger partial charge on any atom is -0.356 e. The molecule has 9 heteroatoms. The predicted molar refractivity (Wildman–Crippen MR) is 86.5 cm³/mol. The molecule has 0 aliphatic rings. The standard InChI is InChI=1S/C16H19F4N5/c1-21-15(22-8-7-11-3-5-13(17)6-4-11)23-9-12-10-25(2)24-14(12)16(18,19)20/h3-6,10H,7-9H2,1-2H3,(H2,21,22,23). The third-order valence-electron chi connectivity index (χ3n) is 3.46. The average molecular weight is 357 g/mol. The molecule has 25 heavy (non-hydrogen) atoms. The van der Waals surface area contributed by atoms with E-state index in [-0.39, 0.29) is 17.9 Å². The molecule has 0 aliphatic heterocycles. The zero-order chi connectivity index (χ0) is 18.4. The number of nitrogens with one attached hydrogen (secondary N) is 2. The number of nitrogens with zero attached hydrogens (tertiary/aromatic N) is 3. The summed E-state index contributed by atoms with van der Waals surface area (Å²) in [6.07, 6.45) is -2.55. The lowest BCUT2D eigenvalue weighted by atomic mass is 10.1. The van der Waals surface area contributed by atoms with Crippen molar-refractivity contribution in [3.05, 3.63) is 53.1 Å². The second kappa shape index (κ2) is 8.00. The fourth-order valence-electron chi connectivity index (χ4n) is 2.28. The molecule has 5 nitrogen and oxygen atoms in total. The lowest BCUT2D eigenvalue weighted by Crippen LogP contribution is -2.38. The second-order valence-corrected chi connectivity index (χ2v) is 5.40. The number of rotatable bonds is 5. The number of benzene rings is 1. The number of aliphatic imine (C=N–C) groups is 1.